The van der Waals surface area contributed by atoms with Gasteiger partial charge in [0.1, 0.15) is 0 Å². The van der Waals surface area contributed by atoms with E-state index in [0.29, 0.717) is 25.0 Å². The second-order valence-electron chi connectivity index (χ2n) is 4.52. The number of hydrogen-bond acceptors (Lipinski definition) is 5. The standard InChI is InChI=1S/C14H20N4O/c1-3-7-15-10-13-17-18-14(19-13)16-9-12-6-4-5-11(2)8-12/h4-6,8,15H,3,7,9-10H2,1-2H3,(H,16,18). The number of rotatable bonds is 7. The van der Waals surface area contributed by atoms with Crippen LogP contribution < -0.4 is 10.6 Å². The summed E-state index contributed by atoms with van der Waals surface area (Å²) >= 11 is 0. The van der Waals surface area contributed by atoms with Gasteiger partial charge in [0.15, 0.2) is 0 Å². The second kappa shape index (κ2) is 6.89. The van der Waals surface area contributed by atoms with E-state index in [9.17, 15) is 0 Å². The third-order valence-electron chi connectivity index (χ3n) is 2.70. The zero-order chi connectivity index (χ0) is 13.5. The van der Waals surface area contributed by atoms with Crippen molar-refractivity contribution in [1.29, 1.82) is 0 Å². The summed E-state index contributed by atoms with van der Waals surface area (Å²) in [6.45, 7) is 6.45. The van der Waals surface area contributed by atoms with Crippen LogP contribution in [-0.2, 0) is 13.1 Å². The Balaban J connectivity index is 1.83. The smallest absolute Gasteiger partial charge is 0.315 e. The fourth-order valence-electron chi connectivity index (χ4n) is 1.77. The van der Waals surface area contributed by atoms with Crippen LogP contribution in [0.1, 0.15) is 30.4 Å². The van der Waals surface area contributed by atoms with Gasteiger partial charge in [0.25, 0.3) is 0 Å². The van der Waals surface area contributed by atoms with Crippen molar-refractivity contribution in [3.8, 4) is 0 Å². The van der Waals surface area contributed by atoms with Crippen molar-refractivity contribution in [2.45, 2.75) is 33.4 Å². The van der Waals surface area contributed by atoms with Crippen molar-refractivity contribution in [3.63, 3.8) is 0 Å². The number of hydrogen-bond donors (Lipinski definition) is 2. The van der Waals surface area contributed by atoms with Crippen LogP contribution in [0, 0.1) is 6.92 Å². The molecule has 5 nitrogen and oxygen atoms in total. The number of aryl methyl sites for hydroxylation is 1. The Kier molecular flexibility index (Phi) is 4.92. The summed E-state index contributed by atoms with van der Waals surface area (Å²) < 4.78 is 5.49. The second-order valence-corrected chi connectivity index (χ2v) is 4.52. The zero-order valence-electron chi connectivity index (χ0n) is 11.4. The molecule has 2 aromatic rings. The topological polar surface area (TPSA) is 63.0 Å². The van der Waals surface area contributed by atoms with Gasteiger partial charge in [0, 0.05) is 6.54 Å². The molecule has 0 saturated heterocycles. The van der Waals surface area contributed by atoms with Gasteiger partial charge >= 0.3 is 6.01 Å². The molecule has 19 heavy (non-hydrogen) atoms. The van der Waals surface area contributed by atoms with Gasteiger partial charge in [-0.3, -0.25) is 0 Å². The van der Waals surface area contributed by atoms with Gasteiger partial charge in [-0.1, -0.05) is 41.9 Å². The van der Waals surface area contributed by atoms with Crippen molar-refractivity contribution in [1.82, 2.24) is 15.5 Å². The lowest BCUT2D eigenvalue weighted by atomic mass is 10.1. The molecule has 0 aliphatic carbocycles. The average Bonchev–Trinajstić information content (AvgIpc) is 2.85. The zero-order valence-corrected chi connectivity index (χ0v) is 11.4. The normalized spacial score (nSPS) is 10.6. The van der Waals surface area contributed by atoms with Crippen LogP contribution >= 0.6 is 0 Å². The van der Waals surface area contributed by atoms with E-state index in [2.05, 4.69) is 52.9 Å². The van der Waals surface area contributed by atoms with E-state index in [4.69, 9.17) is 4.42 Å². The summed E-state index contributed by atoms with van der Waals surface area (Å²) in [5.41, 5.74) is 2.44. The van der Waals surface area contributed by atoms with Crippen molar-refractivity contribution in [2.75, 3.05) is 11.9 Å². The van der Waals surface area contributed by atoms with Crippen LogP contribution in [0.25, 0.3) is 0 Å². The summed E-state index contributed by atoms with van der Waals surface area (Å²) in [4.78, 5) is 0. The van der Waals surface area contributed by atoms with Crippen LogP contribution in [0.2, 0.25) is 0 Å². The largest absolute Gasteiger partial charge is 0.407 e. The summed E-state index contributed by atoms with van der Waals surface area (Å²) in [7, 11) is 0. The quantitative estimate of drug-likeness (QED) is 0.749. The molecular weight excluding hydrogens is 240 g/mol. The molecule has 1 heterocycles. The van der Waals surface area contributed by atoms with Crippen LogP contribution in [0.4, 0.5) is 6.01 Å². The Hall–Kier alpha value is -1.88. The molecular formula is C14H20N4O. The number of benzene rings is 1. The minimum Gasteiger partial charge on any atom is -0.407 e. The van der Waals surface area contributed by atoms with Gasteiger partial charge < -0.3 is 15.1 Å². The summed E-state index contributed by atoms with van der Waals surface area (Å²) in [6, 6.07) is 8.79. The maximum absolute atomic E-state index is 5.49. The highest BCUT2D eigenvalue weighted by atomic mass is 16.4. The van der Waals surface area contributed by atoms with Crippen molar-refractivity contribution in [2.24, 2.45) is 0 Å². The maximum atomic E-state index is 5.49. The van der Waals surface area contributed by atoms with Gasteiger partial charge in [0.2, 0.25) is 5.89 Å². The SMILES string of the molecule is CCCNCc1nnc(NCc2cccc(C)c2)o1. The molecule has 102 valence electrons. The van der Waals surface area contributed by atoms with E-state index in [1.807, 2.05) is 6.07 Å². The van der Waals surface area contributed by atoms with E-state index in [1.54, 1.807) is 0 Å². The Bertz CT molecular complexity index is 510. The molecule has 2 N–H and O–H groups in total. The first kappa shape index (κ1) is 13.5. The summed E-state index contributed by atoms with van der Waals surface area (Å²) in [5, 5.41) is 14.3. The van der Waals surface area contributed by atoms with Gasteiger partial charge in [-0.05, 0) is 25.5 Å². The third-order valence-corrected chi connectivity index (χ3v) is 2.70. The highest BCUT2D eigenvalue weighted by molar-refractivity contribution is 5.26. The molecule has 1 aromatic heterocycles. The molecule has 0 atom stereocenters. The van der Waals surface area contributed by atoms with Gasteiger partial charge in [-0.25, -0.2) is 0 Å². The summed E-state index contributed by atoms with van der Waals surface area (Å²) in [5.74, 6) is 0.611. The molecule has 0 fully saturated rings. The van der Waals surface area contributed by atoms with Crippen LogP contribution in [0.3, 0.4) is 0 Å². The molecule has 0 radical (unpaired) electrons. The maximum Gasteiger partial charge on any atom is 0.315 e. The van der Waals surface area contributed by atoms with Gasteiger partial charge in [-0.2, -0.15) is 0 Å². The highest BCUT2D eigenvalue weighted by Gasteiger charge is 2.04. The molecule has 0 spiro atoms. The van der Waals surface area contributed by atoms with E-state index < -0.39 is 0 Å². The first-order valence-corrected chi connectivity index (χ1v) is 6.60. The Labute approximate surface area is 113 Å². The molecule has 0 aliphatic rings. The number of nitrogens with zero attached hydrogens (tertiary/aromatic N) is 2. The van der Waals surface area contributed by atoms with Crippen molar-refractivity contribution >= 4 is 6.01 Å². The first-order chi connectivity index (χ1) is 9.28. The van der Waals surface area contributed by atoms with E-state index in [1.165, 1.54) is 11.1 Å². The lowest BCUT2D eigenvalue weighted by Gasteiger charge is -2.02. The number of aromatic nitrogens is 2. The fourth-order valence-corrected chi connectivity index (χ4v) is 1.77. The molecule has 1 aromatic carbocycles. The van der Waals surface area contributed by atoms with Crippen LogP contribution in [0.5, 0.6) is 0 Å². The molecule has 0 amide bonds. The molecule has 0 unspecified atom stereocenters. The van der Waals surface area contributed by atoms with Crippen molar-refractivity contribution in [3.05, 3.63) is 41.3 Å². The van der Waals surface area contributed by atoms with E-state index >= 15 is 0 Å². The predicted octanol–water partition coefficient (Wildman–Crippen LogP) is 2.49. The average molecular weight is 260 g/mol. The van der Waals surface area contributed by atoms with E-state index in [-0.39, 0.29) is 0 Å². The minimum atomic E-state index is 0.467. The predicted molar refractivity (Wildman–Crippen MR) is 74.8 cm³/mol. The monoisotopic (exact) mass is 260 g/mol. The molecule has 0 aliphatic heterocycles. The molecule has 2 rings (SSSR count). The Morgan fingerprint density at radius 3 is 2.89 bits per heavy atom. The number of nitrogens with one attached hydrogen (secondary N) is 2. The van der Waals surface area contributed by atoms with Gasteiger partial charge in [-0.15, -0.1) is 5.10 Å². The lowest BCUT2D eigenvalue weighted by Crippen LogP contribution is -2.13. The molecule has 0 bridgehead atoms. The Morgan fingerprint density at radius 1 is 1.21 bits per heavy atom. The minimum absolute atomic E-state index is 0.467. The Morgan fingerprint density at radius 2 is 2.11 bits per heavy atom. The van der Waals surface area contributed by atoms with Crippen LogP contribution in [0.15, 0.2) is 28.7 Å². The highest BCUT2D eigenvalue weighted by Crippen LogP contribution is 2.09. The lowest BCUT2D eigenvalue weighted by molar-refractivity contribution is 0.477. The molecule has 0 saturated carbocycles. The van der Waals surface area contributed by atoms with Gasteiger partial charge in [0.05, 0.1) is 6.54 Å². The van der Waals surface area contributed by atoms with E-state index in [0.717, 1.165) is 13.0 Å². The molecule has 5 heteroatoms. The first-order valence-electron chi connectivity index (χ1n) is 6.60. The number of anilines is 1. The summed E-state index contributed by atoms with van der Waals surface area (Å²) in [6.07, 6.45) is 1.09. The fraction of sp³-hybridized carbons (Fsp3) is 0.429. The van der Waals surface area contributed by atoms with Crippen LogP contribution in [-0.4, -0.2) is 16.7 Å². The van der Waals surface area contributed by atoms with Crippen molar-refractivity contribution < 1.29 is 4.42 Å². The third kappa shape index (κ3) is 4.37.